The van der Waals surface area contributed by atoms with Crippen LogP contribution in [0.15, 0.2) is 18.2 Å². The van der Waals surface area contributed by atoms with E-state index in [1.54, 1.807) is 0 Å². The third-order valence-electron chi connectivity index (χ3n) is 5.09. The number of nitrogens with two attached hydrogens (primary N) is 1. The zero-order valence-corrected chi connectivity index (χ0v) is 12.8. The fourth-order valence-electron chi connectivity index (χ4n) is 3.81. The molecule has 0 spiro atoms. The van der Waals surface area contributed by atoms with Gasteiger partial charge in [-0.3, -0.25) is 0 Å². The number of hydrogen-bond donors (Lipinski definition) is 2. The lowest BCUT2D eigenvalue weighted by Crippen LogP contribution is -2.53. The second-order valence-electron chi connectivity index (χ2n) is 6.40. The van der Waals surface area contributed by atoms with Gasteiger partial charge >= 0.3 is 0 Å². The zero-order valence-electron chi connectivity index (χ0n) is 12.8. The van der Waals surface area contributed by atoms with E-state index < -0.39 is 5.60 Å². The summed E-state index contributed by atoms with van der Waals surface area (Å²) in [7, 11) is 0. The molecule has 2 unspecified atom stereocenters. The minimum atomic E-state index is -0.425. The van der Waals surface area contributed by atoms with Crippen LogP contribution in [0.2, 0.25) is 0 Å². The average Bonchev–Trinajstić information content (AvgIpc) is 2.49. The third-order valence-corrected chi connectivity index (χ3v) is 5.09. The smallest absolute Gasteiger partial charge is 0.144 e. The summed E-state index contributed by atoms with van der Waals surface area (Å²) in [5.74, 6) is 1.16. The van der Waals surface area contributed by atoms with Crippen LogP contribution in [0.25, 0.3) is 0 Å². The number of anilines is 2. The minimum absolute atomic E-state index is 0.396. The van der Waals surface area contributed by atoms with Gasteiger partial charge in [0.05, 0.1) is 17.9 Å². The zero-order chi connectivity index (χ0) is 14.9. The lowest BCUT2D eigenvalue weighted by atomic mass is 9.71. The molecule has 2 aliphatic rings. The van der Waals surface area contributed by atoms with Gasteiger partial charge in [0.1, 0.15) is 5.75 Å². The molecule has 2 fully saturated rings. The summed E-state index contributed by atoms with van der Waals surface area (Å²) in [5.41, 5.74) is 7.36. The molecule has 1 aromatic carbocycles. The van der Waals surface area contributed by atoms with Crippen LogP contribution in [0.1, 0.15) is 39.0 Å². The van der Waals surface area contributed by atoms with Crippen LogP contribution in [0.5, 0.6) is 5.75 Å². The van der Waals surface area contributed by atoms with Crippen molar-refractivity contribution in [3.63, 3.8) is 0 Å². The highest BCUT2D eigenvalue weighted by molar-refractivity contribution is 5.62. The molecule has 1 saturated heterocycles. The molecule has 1 aliphatic heterocycles. The van der Waals surface area contributed by atoms with Crippen molar-refractivity contribution in [3.05, 3.63) is 18.2 Å². The van der Waals surface area contributed by atoms with Gasteiger partial charge in [-0.25, -0.2) is 0 Å². The molecule has 0 bridgehead atoms. The van der Waals surface area contributed by atoms with Gasteiger partial charge in [0.25, 0.3) is 0 Å². The molecule has 2 atom stereocenters. The fourth-order valence-corrected chi connectivity index (χ4v) is 3.81. The number of fused-ring (bicyclic) bond motifs is 1. The highest BCUT2D eigenvalue weighted by atomic mass is 16.5. The summed E-state index contributed by atoms with van der Waals surface area (Å²) in [6.07, 6.45) is 5.39. The molecule has 0 radical (unpaired) electrons. The number of nitrogen functional groups attached to an aromatic ring is 1. The molecule has 4 nitrogen and oxygen atoms in total. The van der Waals surface area contributed by atoms with Crippen LogP contribution < -0.4 is 15.4 Å². The maximum atomic E-state index is 10.8. The van der Waals surface area contributed by atoms with E-state index in [0.717, 1.165) is 43.8 Å². The first-order valence-corrected chi connectivity index (χ1v) is 8.12. The van der Waals surface area contributed by atoms with E-state index in [-0.39, 0.29) is 0 Å². The van der Waals surface area contributed by atoms with Gasteiger partial charge in [0.15, 0.2) is 0 Å². The summed E-state index contributed by atoms with van der Waals surface area (Å²) in [5, 5.41) is 10.8. The molecule has 1 aromatic rings. The SMILES string of the molecule is CCOc1cc(N2CCC3(O)CCCCC3C2)ccc1N. The Morgan fingerprint density at radius 3 is 3.05 bits per heavy atom. The van der Waals surface area contributed by atoms with Crippen molar-refractivity contribution in [2.75, 3.05) is 30.3 Å². The van der Waals surface area contributed by atoms with E-state index in [1.807, 2.05) is 19.1 Å². The first kappa shape index (κ1) is 14.5. The van der Waals surface area contributed by atoms with Crippen molar-refractivity contribution < 1.29 is 9.84 Å². The molecular weight excluding hydrogens is 264 g/mol. The minimum Gasteiger partial charge on any atom is -0.492 e. The van der Waals surface area contributed by atoms with Gasteiger partial charge in [0, 0.05) is 30.8 Å². The van der Waals surface area contributed by atoms with Gasteiger partial charge in [-0.1, -0.05) is 12.8 Å². The van der Waals surface area contributed by atoms with Crippen LogP contribution in [-0.4, -0.2) is 30.4 Å². The second kappa shape index (κ2) is 5.76. The Morgan fingerprint density at radius 2 is 2.24 bits per heavy atom. The van der Waals surface area contributed by atoms with Crippen LogP contribution >= 0.6 is 0 Å². The Labute approximate surface area is 126 Å². The molecule has 3 rings (SSSR count). The number of nitrogens with zero attached hydrogens (tertiary/aromatic N) is 1. The summed E-state index contributed by atoms with van der Waals surface area (Å²) in [6, 6.07) is 6.01. The number of piperidine rings is 1. The van der Waals surface area contributed by atoms with Gasteiger partial charge in [0.2, 0.25) is 0 Å². The molecule has 116 valence electrons. The molecule has 0 aromatic heterocycles. The standard InChI is InChI=1S/C17H26N2O2/c1-2-21-16-11-14(6-7-15(16)18)19-10-9-17(20)8-4-3-5-13(17)12-19/h6-7,11,13,20H,2-5,8-10,12,18H2,1H3. The molecule has 1 heterocycles. The highest BCUT2D eigenvalue weighted by Gasteiger charge is 2.42. The average molecular weight is 290 g/mol. The number of ether oxygens (including phenoxy) is 1. The maximum absolute atomic E-state index is 10.8. The number of aliphatic hydroxyl groups is 1. The molecule has 3 N–H and O–H groups in total. The Morgan fingerprint density at radius 1 is 1.38 bits per heavy atom. The summed E-state index contributed by atoms with van der Waals surface area (Å²) in [6.45, 7) is 4.43. The van der Waals surface area contributed by atoms with Gasteiger partial charge in [-0.05, 0) is 38.3 Å². The van der Waals surface area contributed by atoms with E-state index in [0.29, 0.717) is 18.2 Å². The summed E-state index contributed by atoms with van der Waals surface area (Å²) < 4.78 is 5.59. The summed E-state index contributed by atoms with van der Waals surface area (Å²) in [4.78, 5) is 2.37. The van der Waals surface area contributed by atoms with Crippen LogP contribution in [0.4, 0.5) is 11.4 Å². The van der Waals surface area contributed by atoms with Crippen molar-refractivity contribution in [3.8, 4) is 5.75 Å². The van der Waals surface area contributed by atoms with Crippen LogP contribution in [-0.2, 0) is 0 Å². The number of rotatable bonds is 3. The van der Waals surface area contributed by atoms with Crippen LogP contribution in [0, 0.1) is 5.92 Å². The molecule has 21 heavy (non-hydrogen) atoms. The predicted octanol–water partition coefficient (Wildman–Crippen LogP) is 2.80. The number of hydrogen-bond acceptors (Lipinski definition) is 4. The molecule has 4 heteroatoms. The largest absolute Gasteiger partial charge is 0.492 e. The van der Waals surface area contributed by atoms with Gasteiger partial charge in [-0.2, -0.15) is 0 Å². The Hall–Kier alpha value is -1.42. The Kier molecular flexibility index (Phi) is 3.98. The predicted molar refractivity (Wildman–Crippen MR) is 85.8 cm³/mol. The van der Waals surface area contributed by atoms with E-state index >= 15 is 0 Å². The first-order chi connectivity index (χ1) is 10.1. The van der Waals surface area contributed by atoms with Crippen molar-refractivity contribution in [2.45, 2.75) is 44.6 Å². The molecular formula is C17H26N2O2. The first-order valence-electron chi connectivity index (χ1n) is 8.12. The second-order valence-corrected chi connectivity index (χ2v) is 6.40. The van der Waals surface area contributed by atoms with Crippen molar-refractivity contribution in [1.29, 1.82) is 0 Å². The quantitative estimate of drug-likeness (QED) is 0.840. The van der Waals surface area contributed by atoms with Crippen molar-refractivity contribution in [2.24, 2.45) is 5.92 Å². The third kappa shape index (κ3) is 2.82. The van der Waals surface area contributed by atoms with Crippen LogP contribution in [0.3, 0.4) is 0 Å². The normalized spacial score (nSPS) is 29.0. The monoisotopic (exact) mass is 290 g/mol. The van der Waals surface area contributed by atoms with E-state index in [9.17, 15) is 5.11 Å². The van der Waals surface area contributed by atoms with Gasteiger partial charge < -0.3 is 20.5 Å². The molecule has 1 aliphatic carbocycles. The topological polar surface area (TPSA) is 58.7 Å². The molecule has 0 amide bonds. The van der Waals surface area contributed by atoms with E-state index in [4.69, 9.17) is 10.5 Å². The van der Waals surface area contributed by atoms with Crippen molar-refractivity contribution in [1.82, 2.24) is 0 Å². The van der Waals surface area contributed by atoms with Gasteiger partial charge in [-0.15, -0.1) is 0 Å². The van der Waals surface area contributed by atoms with E-state index in [1.165, 1.54) is 12.8 Å². The maximum Gasteiger partial charge on any atom is 0.144 e. The summed E-state index contributed by atoms with van der Waals surface area (Å²) >= 11 is 0. The Balaban J connectivity index is 1.77. The Bertz CT molecular complexity index is 506. The fraction of sp³-hybridized carbons (Fsp3) is 0.647. The highest BCUT2D eigenvalue weighted by Crippen LogP contribution is 2.41. The lowest BCUT2D eigenvalue weighted by molar-refractivity contribution is -0.0612. The molecule has 1 saturated carbocycles. The lowest BCUT2D eigenvalue weighted by Gasteiger charge is -2.48. The van der Waals surface area contributed by atoms with Crippen molar-refractivity contribution >= 4 is 11.4 Å². The number of benzene rings is 1. The van der Waals surface area contributed by atoms with E-state index in [2.05, 4.69) is 11.0 Å².